The number of esters is 2. The summed E-state index contributed by atoms with van der Waals surface area (Å²) in [4.78, 5) is 54.9. The van der Waals surface area contributed by atoms with Gasteiger partial charge in [-0.1, -0.05) is 26.5 Å². The first-order valence-corrected chi connectivity index (χ1v) is 14.6. The number of ether oxygens (including phenoxy) is 1. The van der Waals surface area contributed by atoms with E-state index >= 15 is 0 Å². The monoisotopic (exact) mass is 578 g/mol. The van der Waals surface area contributed by atoms with Gasteiger partial charge in [0.15, 0.2) is 0 Å². The number of nitrogens with one attached hydrogen (secondary N) is 2. The van der Waals surface area contributed by atoms with Gasteiger partial charge in [0, 0.05) is 57.1 Å². The number of H-pyrrole nitrogens is 2. The molecule has 0 saturated heterocycles. The third kappa shape index (κ3) is 4.59. The molecule has 9 nitrogen and oxygen atoms in total. The number of rotatable bonds is 5. The van der Waals surface area contributed by atoms with Gasteiger partial charge in [0.25, 0.3) is 0 Å². The first-order valence-electron chi connectivity index (χ1n) is 14.6. The molecule has 0 radical (unpaired) electrons. The van der Waals surface area contributed by atoms with Gasteiger partial charge in [0.2, 0.25) is 0 Å². The van der Waals surface area contributed by atoms with E-state index in [2.05, 4.69) is 36.5 Å². The van der Waals surface area contributed by atoms with E-state index in [1.54, 1.807) is 6.92 Å². The Morgan fingerprint density at radius 2 is 1.79 bits per heavy atom. The van der Waals surface area contributed by atoms with Crippen LogP contribution >= 0.6 is 0 Å². The molecule has 9 heteroatoms. The first-order chi connectivity index (χ1) is 20.5. The maximum Gasteiger partial charge on any atom is 0.348 e. The van der Waals surface area contributed by atoms with E-state index in [0.717, 1.165) is 56.4 Å². The summed E-state index contributed by atoms with van der Waals surface area (Å²) in [6.07, 6.45) is 2.69. The zero-order valence-corrected chi connectivity index (χ0v) is 25.0. The van der Waals surface area contributed by atoms with Crippen LogP contribution in [0.3, 0.4) is 0 Å². The molecule has 2 atom stereocenters. The molecule has 3 aliphatic heterocycles. The van der Waals surface area contributed by atoms with Crippen LogP contribution in [0.5, 0.6) is 0 Å². The number of allylic oxidation sites excluding steroid dienone is 1. The molecule has 3 aliphatic rings. The molecule has 6 heterocycles. The Kier molecular flexibility index (Phi) is 6.91. The van der Waals surface area contributed by atoms with Crippen molar-refractivity contribution < 1.29 is 24.2 Å². The van der Waals surface area contributed by atoms with Gasteiger partial charge in [-0.2, -0.15) is 0 Å². The number of aryl methyl sites for hydroxylation is 3. The van der Waals surface area contributed by atoms with Crippen molar-refractivity contribution in [2.45, 2.75) is 72.1 Å². The highest BCUT2D eigenvalue weighted by Gasteiger charge is 2.38. The van der Waals surface area contributed by atoms with E-state index in [9.17, 15) is 19.5 Å². The van der Waals surface area contributed by atoms with Crippen molar-refractivity contribution in [1.29, 1.82) is 0 Å². The number of carbonyl (C=O) groups excluding carboxylic acids is 2. The molecular weight excluding hydrogens is 544 g/mol. The van der Waals surface area contributed by atoms with Crippen molar-refractivity contribution in [3.8, 4) is 0 Å². The molecule has 43 heavy (non-hydrogen) atoms. The van der Waals surface area contributed by atoms with Crippen LogP contribution in [-0.4, -0.2) is 43.0 Å². The number of aliphatic carboxylic acids is 1. The molecule has 3 N–H and O–H groups in total. The van der Waals surface area contributed by atoms with E-state index < -0.39 is 17.9 Å². The van der Waals surface area contributed by atoms with E-state index in [-0.39, 0.29) is 30.3 Å². The lowest BCUT2D eigenvalue weighted by atomic mass is 9.84. The van der Waals surface area contributed by atoms with Crippen molar-refractivity contribution in [3.63, 3.8) is 0 Å². The molecule has 3 aromatic rings. The Balaban J connectivity index is 1.82. The molecule has 0 aromatic carbocycles. The summed E-state index contributed by atoms with van der Waals surface area (Å²) in [7, 11) is 0. The molecule has 0 aliphatic carbocycles. The highest BCUT2D eigenvalue weighted by Crippen LogP contribution is 2.44. The van der Waals surface area contributed by atoms with E-state index in [1.165, 1.54) is 0 Å². The quantitative estimate of drug-likeness (QED) is 0.234. The van der Waals surface area contributed by atoms with Gasteiger partial charge in [-0.15, -0.1) is 0 Å². The summed E-state index contributed by atoms with van der Waals surface area (Å²) < 4.78 is 5.22. The predicted octanol–water partition coefficient (Wildman–Crippen LogP) is 6.45. The van der Waals surface area contributed by atoms with Gasteiger partial charge < -0.3 is 19.8 Å². The third-order valence-electron chi connectivity index (χ3n) is 9.13. The summed E-state index contributed by atoms with van der Waals surface area (Å²) in [5, 5.41) is 9.55. The fourth-order valence-electron chi connectivity index (χ4n) is 6.70. The molecule has 0 fully saturated rings. The molecule has 220 valence electrons. The predicted molar refractivity (Wildman–Crippen MR) is 165 cm³/mol. The molecule has 0 spiro atoms. The number of cyclic esters (lactones) is 2. The topological polar surface area (TPSA) is 138 Å². The second-order valence-corrected chi connectivity index (χ2v) is 11.5. The standard InChI is InChI=1S/C34H34N4O5/c1-7-19-15(3)23-12-25-17(5)21(9-10-29(39)40)32(37-25)22-11-30(41)43-34(42)31-18(6)26(38-33(22)31)14-28-20(8-2)16(4)24(36-28)13-27(19)35-23/h7,12-14,17,21,35-36H,1,8-11H2,2-6H3,(H,39,40)/t17-,21-/m0/s1. The van der Waals surface area contributed by atoms with Gasteiger partial charge in [-0.3, -0.25) is 14.6 Å². The zero-order valence-electron chi connectivity index (χ0n) is 25.0. The van der Waals surface area contributed by atoms with Crippen LogP contribution in [0, 0.1) is 13.8 Å². The maximum atomic E-state index is 13.2. The molecule has 3 aromatic heterocycles. The number of hydrogen-bond acceptors (Lipinski definition) is 6. The molecule has 6 rings (SSSR count). The Bertz CT molecular complexity index is 1960. The second kappa shape index (κ2) is 10.5. The molecule has 8 bridgehead atoms. The summed E-state index contributed by atoms with van der Waals surface area (Å²) in [6.45, 7) is 14.1. The molecule has 0 amide bonds. The van der Waals surface area contributed by atoms with Crippen LogP contribution in [0.2, 0.25) is 0 Å². The number of fused-ring (bicyclic) bond motifs is 8. The zero-order chi connectivity index (χ0) is 30.7. The highest BCUT2D eigenvalue weighted by molar-refractivity contribution is 6.28. The number of carboxylic acids is 1. The first kappa shape index (κ1) is 28.3. The minimum atomic E-state index is -0.911. The van der Waals surface area contributed by atoms with Gasteiger partial charge in [-0.25, -0.2) is 9.78 Å². The third-order valence-corrected chi connectivity index (χ3v) is 9.13. The van der Waals surface area contributed by atoms with Crippen molar-refractivity contribution in [2.75, 3.05) is 0 Å². The Hall–Kier alpha value is -4.79. The minimum absolute atomic E-state index is 0.0628. The van der Waals surface area contributed by atoms with Crippen molar-refractivity contribution >= 4 is 57.2 Å². The summed E-state index contributed by atoms with van der Waals surface area (Å²) in [6, 6.07) is 6.02. The number of nitrogens with zero attached hydrogens (tertiary/aromatic N) is 2. The Morgan fingerprint density at radius 1 is 1.07 bits per heavy atom. The van der Waals surface area contributed by atoms with E-state index in [0.29, 0.717) is 34.6 Å². The van der Waals surface area contributed by atoms with Crippen LogP contribution in [-0.2, 0) is 32.0 Å². The highest BCUT2D eigenvalue weighted by atomic mass is 16.6. The fraction of sp³-hybridized carbons (Fsp3) is 0.324. The minimum Gasteiger partial charge on any atom is -0.481 e. The van der Waals surface area contributed by atoms with Gasteiger partial charge >= 0.3 is 17.9 Å². The normalized spacial score (nSPS) is 18.1. The lowest BCUT2D eigenvalue weighted by Crippen LogP contribution is -2.12. The summed E-state index contributed by atoms with van der Waals surface area (Å²) in [5.74, 6) is -2.78. The van der Waals surface area contributed by atoms with Crippen LogP contribution in [0.25, 0.3) is 39.3 Å². The smallest absolute Gasteiger partial charge is 0.348 e. The Morgan fingerprint density at radius 3 is 2.49 bits per heavy atom. The molecular formula is C34H34N4O5. The van der Waals surface area contributed by atoms with E-state index in [1.807, 2.05) is 32.1 Å². The fourth-order valence-corrected chi connectivity index (χ4v) is 6.70. The number of carbonyl (C=O) groups is 3. The van der Waals surface area contributed by atoms with Gasteiger partial charge in [-0.05, 0) is 74.1 Å². The van der Waals surface area contributed by atoms with Crippen LogP contribution in [0.15, 0.2) is 24.8 Å². The summed E-state index contributed by atoms with van der Waals surface area (Å²) >= 11 is 0. The summed E-state index contributed by atoms with van der Waals surface area (Å²) in [5.41, 5.74) is 11.5. The average Bonchev–Trinajstić information content (AvgIpc) is 3.61. The van der Waals surface area contributed by atoms with Gasteiger partial charge in [0.05, 0.1) is 29.1 Å². The second-order valence-electron chi connectivity index (χ2n) is 11.5. The molecule has 0 unspecified atom stereocenters. The average molecular weight is 579 g/mol. The lowest BCUT2D eigenvalue weighted by molar-refractivity contribution is -0.154. The van der Waals surface area contributed by atoms with Crippen molar-refractivity contribution in [2.24, 2.45) is 0 Å². The van der Waals surface area contributed by atoms with Crippen molar-refractivity contribution in [1.82, 2.24) is 19.9 Å². The Labute approximate surface area is 248 Å². The largest absolute Gasteiger partial charge is 0.481 e. The van der Waals surface area contributed by atoms with Crippen LogP contribution in [0.4, 0.5) is 0 Å². The number of carboxylic acid groups (broad SMARTS) is 1. The number of hydrogen-bond donors (Lipinski definition) is 3. The SMILES string of the molecule is C=Cc1c(C)c2cc3nc(c4c5nc(cc6[nH]c(cc1[nH]2)c(C)c6CC)C(C)=C5C(=O)OC(=O)C4)[C@@H](CCC(=O)O)[C@@H]3C. The van der Waals surface area contributed by atoms with Crippen LogP contribution < -0.4 is 0 Å². The van der Waals surface area contributed by atoms with Crippen LogP contribution in [0.1, 0.15) is 96.0 Å². The number of aromatic nitrogens is 4. The number of aromatic amines is 2. The van der Waals surface area contributed by atoms with Gasteiger partial charge in [0.1, 0.15) is 0 Å². The van der Waals surface area contributed by atoms with Crippen molar-refractivity contribution in [3.05, 3.63) is 75.4 Å². The molecule has 0 saturated carbocycles. The maximum absolute atomic E-state index is 13.2. The lowest BCUT2D eigenvalue weighted by Gasteiger charge is -2.17. The van der Waals surface area contributed by atoms with E-state index in [4.69, 9.17) is 14.7 Å².